The van der Waals surface area contributed by atoms with Gasteiger partial charge in [-0.15, -0.1) is 11.3 Å². The van der Waals surface area contributed by atoms with Crippen LogP contribution in [-0.4, -0.2) is 10.1 Å². The average molecular weight is 277 g/mol. The maximum atomic E-state index is 5.23. The van der Waals surface area contributed by atoms with Gasteiger partial charge in [-0.2, -0.15) is 0 Å². The lowest BCUT2D eigenvalue weighted by molar-refractivity contribution is 0.925. The van der Waals surface area contributed by atoms with Crippen LogP contribution in [-0.2, 0) is 13.0 Å². The van der Waals surface area contributed by atoms with Gasteiger partial charge < -0.3 is 10.6 Å². The van der Waals surface area contributed by atoms with Gasteiger partial charge in [-0.25, -0.2) is 4.98 Å². The lowest BCUT2D eigenvalue weighted by Gasteiger charge is -2.08. The van der Waals surface area contributed by atoms with Gasteiger partial charge in [0.2, 0.25) is 0 Å². The van der Waals surface area contributed by atoms with Crippen LogP contribution in [0.4, 0.5) is 5.13 Å². The van der Waals surface area contributed by atoms with Crippen LogP contribution < -0.4 is 10.6 Å². The standard InChI is InChI=1S/C13H15N3S2/c1-2-11-9-18-13(15-11)16-12(17)14-8-10-6-4-3-5-7-10/h3-7,9H,2,8H2,1H3,(H2,14,15,16,17). The number of hydrogen-bond donors (Lipinski definition) is 2. The first-order valence-electron chi connectivity index (χ1n) is 5.81. The van der Waals surface area contributed by atoms with Crippen LogP contribution in [0.3, 0.4) is 0 Å². The van der Waals surface area contributed by atoms with E-state index in [1.807, 2.05) is 23.6 Å². The second-order valence-corrected chi connectivity index (χ2v) is 5.06. The molecule has 0 aliphatic carbocycles. The molecular weight excluding hydrogens is 262 g/mol. The minimum atomic E-state index is 0.607. The van der Waals surface area contributed by atoms with Crippen LogP contribution >= 0.6 is 23.6 Å². The molecule has 0 saturated carbocycles. The predicted octanol–water partition coefficient (Wildman–Crippen LogP) is 3.19. The summed E-state index contributed by atoms with van der Waals surface area (Å²) < 4.78 is 0. The number of rotatable bonds is 4. The quantitative estimate of drug-likeness (QED) is 0.842. The Balaban J connectivity index is 1.82. The number of thiazole rings is 1. The second-order valence-electron chi connectivity index (χ2n) is 3.79. The second kappa shape index (κ2) is 6.47. The SMILES string of the molecule is CCc1csc(NC(=S)NCc2ccccc2)n1. The third-order valence-corrected chi connectivity index (χ3v) is 3.48. The number of aromatic nitrogens is 1. The smallest absolute Gasteiger partial charge is 0.189 e. The average Bonchev–Trinajstić information content (AvgIpc) is 2.85. The molecule has 0 aliphatic rings. The Morgan fingerprint density at radius 1 is 1.33 bits per heavy atom. The Labute approximate surface area is 116 Å². The molecule has 5 heteroatoms. The molecule has 2 aromatic rings. The zero-order valence-electron chi connectivity index (χ0n) is 10.1. The Bertz CT molecular complexity index is 508. The molecule has 0 unspecified atom stereocenters. The monoisotopic (exact) mass is 277 g/mol. The van der Waals surface area contributed by atoms with Crippen LogP contribution in [0.1, 0.15) is 18.2 Å². The molecule has 0 bridgehead atoms. The molecule has 0 saturated heterocycles. The van der Waals surface area contributed by atoms with Gasteiger partial charge in [0.05, 0.1) is 5.69 Å². The summed E-state index contributed by atoms with van der Waals surface area (Å²) in [6, 6.07) is 10.2. The highest BCUT2D eigenvalue weighted by molar-refractivity contribution is 7.80. The van der Waals surface area contributed by atoms with Crippen molar-refractivity contribution in [2.24, 2.45) is 0 Å². The van der Waals surface area contributed by atoms with E-state index in [0.29, 0.717) is 5.11 Å². The number of nitrogens with zero attached hydrogens (tertiary/aromatic N) is 1. The van der Waals surface area contributed by atoms with E-state index in [4.69, 9.17) is 12.2 Å². The number of benzene rings is 1. The predicted molar refractivity (Wildman–Crippen MR) is 81.0 cm³/mol. The van der Waals surface area contributed by atoms with Crippen molar-refractivity contribution in [1.29, 1.82) is 0 Å². The van der Waals surface area contributed by atoms with Crippen molar-refractivity contribution in [3.8, 4) is 0 Å². The summed E-state index contributed by atoms with van der Waals surface area (Å²) in [7, 11) is 0. The Morgan fingerprint density at radius 3 is 2.78 bits per heavy atom. The molecule has 3 nitrogen and oxygen atoms in total. The highest BCUT2D eigenvalue weighted by Gasteiger charge is 2.02. The first-order valence-corrected chi connectivity index (χ1v) is 7.10. The summed E-state index contributed by atoms with van der Waals surface area (Å²) >= 11 is 6.80. The van der Waals surface area contributed by atoms with Crippen molar-refractivity contribution in [1.82, 2.24) is 10.3 Å². The van der Waals surface area contributed by atoms with Crippen LogP contribution in [0.2, 0.25) is 0 Å². The zero-order valence-corrected chi connectivity index (χ0v) is 11.8. The van der Waals surface area contributed by atoms with E-state index >= 15 is 0 Å². The van der Waals surface area contributed by atoms with E-state index in [0.717, 1.165) is 23.8 Å². The largest absolute Gasteiger partial charge is 0.358 e. The minimum absolute atomic E-state index is 0.607. The molecule has 94 valence electrons. The number of nitrogens with one attached hydrogen (secondary N) is 2. The van der Waals surface area contributed by atoms with Gasteiger partial charge in [0.15, 0.2) is 10.2 Å². The van der Waals surface area contributed by atoms with Crippen molar-refractivity contribution >= 4 is 33.8 Å². The van der Waals surface area contributed by atoms with E-state index in [1.54, 1.807) is 11.3 Å². The maximum Gasteiger partial charge on any atom is 0.189 e. The lowest BCUT2D eigenvalue weighted by Crippen LogP contribution is -2.27. The van der Waals surface area contributed by atoms with E-state index in [1.165, 1.54) is 5.56 Å². The number of hydrogen-bond acceptors (Lipinski definition) is 3. The van der Waals surface area contributed by atoms with Gasteiger partial charge in [-0.3, -0.25) is 0 Å². The van der Waals surface area contributed by atoms with Gasteiger partial charge >= 0.3 is 0 Å². The van der Waals surface area contributed by atoms with Crippen molar-refractivity contribution in [3.63, 3.8) is 0 Å². The van der Waals surface area contributed by atoms with E-state index in [-0.39, 0.29) is 0 Å². The first-order chi connectivity index (χ1) is 8.78. The third kappa shape index (κ3) is 3.78. The normalized spacial score (nSPS) is 10.1. The fourth-order valence-electron chi connectivity index (χ4n) is 1.45. The molecule has 1 heterocycles. The summed E-state index contributed by atoms with van der Waals surface area (Å²) in [5.41, 5.74) is 2.29. The summed E-state index contributed by atoms with van der Waals surface area (Å²) in [5, 5.41) is 9.75. The van der Waals surface area contributed by atoms with Gasteiger partial charge in [-0.1, -0.05) is 37.3 Å². The molecule has 0 spiro atoms. The maximum absolute atomic E-state index is 5.23. The molecule has 18 heavy (non-hydrogen) atoms. The van der Waals surface area contributed by atoms with Crippen molar-refractivity contribution < 1.29 is 0 Å². The third-order valence-electron chi connectivity index (χ3n) is 2.43. The van der Waals surface area contributed by atoms with E-state index in [9.17, 15) is 0 Å². The molecule has 1 aromatic carbocycles. The van der Waals surface area contributed by atoms with E-state index < -0.39 is 0 Å². The van der Waals surface area contributed by atoms with Gasteiger partial charge in [0.25, 0.3) is 0 Å². The number of aryl methyl sites for hydroxylation is 1. The van der Waals surface area contributed by atoms with Gasteiger partial charge in [0, 0.05) is 11.9 Å². The van der Waals surface area contributed by atoms with Crippen LogP contribution in [0.15, 0.2) is 35.7 Å². The van der Waals surface area contributed by atoms with Gasteiger partial charge in [0.1, 0.15) is 0 Å². The van der Waals surface area contributed by atoms with Crippen LogP contribution in [0.25, 0.3) is 0 Å². The molecule has 0 radical (unpaired) electrons. The fourth-order valence-corrected chi connectivity index (χ4v) is 2.48. The van der Waals surface area contributed by atoms with Crippen molar-refractivity contribution in [2.45, 2.75) is 19.9 Å². The minimum Gasteiger partial charge on any atom is -0.358 e. The van der Waals surface area contributed by atoms with Crippen LogP contribution in [0.5, 0.6) is 0 Å². The summed E-state index contributed by atoms with van der Waals surface area (Å²) in [6.07, 6.45) is 0.947. The molecule has 2 rings (SSSR count). The van der Waals surface area contributed by atoms with E-state index in [2.05, 4.69) is 34.7 Å². The first kappa shape index (κ1) is 13.0. The molecular formula is C13H15N3S2. The van der Waals surface area contributed by atoms with Gasteiger partial charge in [-0.05, 0) is 24.2 Å². The molecule has 0 atom stereocenters. The Morgan fingerprint density at radius 2 is 2.11 bits per heavy atom. The van der Waals surface area contributed by atoms with Crippen LogP contribution in [0, 0.1) is 0 Å². The molecule has 0 aliphatic heterocycles. The van der Waals surface area contributed by atoms with Crippen molar-refractivity contribution in [3.05, 3.63) is 47.0 Å². The number of thiocarbonyl (C=S) groups is 1. The molecule has 0 fully saturated rings. The Kier molecular flexibility index (Phi) is 4.66. The molecule has 0 amide bonds. The summed E-state index contributed by atoms with van der Waals surface area (Å²) in [5.74, 6) is 0. The topological polar surface area (TPSA) is 37.0 Å². The Hall–Kier alpha value is -1.46. The lowest BCUT2D eigenvalue weighted by atomic mass is 10.2. The highest BCUT2D eigenvalue weighted by Crippen LogP contribution is 2.15. The van der Waals surface area contributed by atoms with Crippen molar-refractivity contribution in [2.75, 3.05) is 5.32 Å². The number of anilines is 1. The summed E-state index contributed by atoms with van der Waals surface area (Å²) in [6.45, 7) is 2.81. The zero-order chi connectivity index (χ0) is 12.8. The molecule has 2 N–H and O–H groups in total. The summed E-state index contributed by atoms with van der Waals surface area (Å²) in [4.78, 5) is 4.40. The fraction of sp³-hybridized carbons (Fsp3) is 0.231. The highest BCUT2D eigenvalue weighted by atomic mass is 32.1. The molecule has 1 aromatic heterocycles.